The minimum atomic E-state index is 0.183. The van der Waals surface area contributed by atoms with Gasteiger partial charge in [-0.2, -0.15) is 0 Å². The molecule has 0 aliphatic heterocycles. The molecule has 1 aliphatic carbocycles. The van der Waals surface area contributed by atoms with Crippen molar-refractivity contribution < 1.29 is 14.3 Å². The van der Waals surface area contributed by atoms with E-state index in [-0.39, 0.29) is 5.91 Å². The van der Waals surface area contributed by atoms with Crippen molar-refractivity contribution in [1.29, 1.82) is 0 Å². The fourth-order valence-electron chi connectivity index (χ4n) is 2.96. The highest BCUT2D eigenvalue weighted by atomic mass is 32.1. The first kappa shape index (κ1) is 18.7. The van der Waals surface area contributed by atoms with E-state index in [1.807, 2.05) is 28.5 Å². The van der Waals surface area contributed by atoms with E-state index in [0.717, 1.165) is 35.8 Å². The van der Waals surface area contributed by atoms with Crippen molar-refractivity contribution in [2.45, 2.75) is 32.6 Å². The van der Waals surface area contributed by atoms with E-state index in [9.17, 15) is 4.79 Å². The van der Waals surface area contributed by atoms with Gasteiger partial charge in [0.05, 0.1) is 26.3 Å². The molecular weight excluding hydrogens is 348 g/mol. The average Bonchev–Trinajstić information content (AvgIpc) is 3.36. The highest BCUT2D eigenvalue weighted by Crippen LogP contribution is 2.34. The van der Waals surface area contributed by atoms with Crippen LogP contribution >= 0.6 is 11.3 Å². The molecule has 1 amide bonds. The smallest absolute Gasteiger partial charge is 0.228 e. The number of aromatic nitrogens is 1. The van der Waals surface area contributed by atoms with Gasteiger partial charge in [0.25, 0.3) is 0 Å². The van der Waals surface area contributed by atoms with Crippen LogP contribution in [0.25, 0.3) is 10.6 Å². The maximum Gasteiger partial charge on any atom is 0.228 e. The number of thiazole rings is 1. The van der Waals surface area contributed by atoms with Crippen LogP contribution in [0.1, 0.15) is 31.9 Å². The van der Waals surface area contributed by atoms with E-state index in [4.69, 9.17) is 9.47 Å². The third-order valence-corrected chi connectivity index (χ3v) is 5.48. The number of ether oxygens (including phenoxy) is 2. The molecule has 1 heterocycles. The van der Waals surface area contributed by atoms with E-state index < -0.39 is 0 Å². The van der Waals surface area contributed by atoms with Gasteiger partial charge in [0, 0.05) is 24.0 Å². The molecule has 1 aromatic carbocycles. The Morgan fingerprint density at radius 1 is 1.27 bits per heavy atom. The summed E-state index contributed by atoms with van der Waals surface area (Å²) in [5.41, 5.74) is 1.80. The van der Waals surface area contributed by atoms with Crippen molar-refractivity contribution in [3.63, 3.8) is 0 Å². The third-order valence-electron chi connectivity index (χ3n) is 4.54. The number of hydrogen-bond acceptors (Lipinski definition) is 5. The summed E-state index contributed by atoms with van der Waals surface area (Å²) in [5, 5.41) is 2.86. The Bertz CT molecular complexity index is 755. The molecule has 26 heavy (non-hydrogen) atoms. The molecule has 0 radical (unpaired) electrons. The molecule has 0 N–H and O–H groups in total. The van der Waals surface area contributed by atoms with Crippen molar-refractivity contribution in [1.82, 2.24) is 9.88 Å². The summed E-state index contributed by atoms with van der Waals surface area (Å²) >= 11 is 1.55. The second-order valence-corrected chi connectivity index (χ2v) is 7.53. The molecule has 0 atom stereocenters. The molecule has 140 valence electrons. The van der Waals surface area contributed by atoms with Gasteiger partial charge in [-0.3, -0.25) is 4.79 Å². The van der Waals surface area contributed by atoms with Crippen LogP contribution in [0.5, 0.6) is 11.5 Å². The summed E-state index contributed by atoms with van der Waals surface area (Å²) in [5.74, 6) is 2.26. The van der Waals surface area contributed by atoms with Gasteiger partial charge in [-0.15, -0.1) is 11.3 Å². The number of hydrogen-bond donors (Lipinski definition) is 0. The fourth-order valence-corrected chi connectivity index (χ4v) is 3.77. The molecule has 2 aromatic rings. The van der Waals surface area contributed by atoms with Crippen molar-refractivity contribution in [2.75, 3.05) is 27.3 Å². The Kier molecular flexibility index (Phi) is 6.14. The number of rotatable bonds is 9. The summed E-state index contributed by atoms with van der Waals surface area (Å²) in [6.07, 6.45) is 3.88. The van der Waals surface area contributed by atoms with Crippen LogP contribution in [0.2, 0.25) is 0 Å². The summed E-state index contributed by atoms with van der Waals surface area (Å²) in [6.45, 7) is 3.85. The van der Waals surface area contributed by atoms with Gasteiger partial charge >= 0.3 is 0 Å². The molecule has 0 bridgehead atoms. The highest BCUT2D eigenvalue weighted by molar-refractivity contribution is 7.13. The standard InChI is InChI=1S/C20H26N2O3S/c1-4-9-22(12-14-5-6-14)19(23)11-16-13-26-20(21-16)15-7-8-17(24-2)18(10-15)25-3/h7-8,10,13-14H,4-6,9,11-12H2,1-3H3. The molecule has 0 spiro atoms. The van der Waals surface area contributed by atoms with Crippen LogP contribution in [0.15, 0.2) is 23.6 Å². The zero-order chi connectivity index (χ0) is 18.5. The lowest BCUT2D eigenvalue weighted by Gasteiger charge is -2.21. The minimum absolute atomic E-state index is 0.183. The van der Waals surface area contributed by atoms with Crippen LogP contribution in [0.3, 0.4) is 0 Å². The monoisotopic (exact) mass is 374 g/mol. The Hall–Kier alpha value is -2.08. The quantitative estimate of drug-likeness (QED) is 0.665. The predicted octanol–water partition coefficient (Wildman–Crippen LogP) is 4.02. The Labute approximate surface area is 159 Å². The van der Waals surface area contributed by atoms with Crippen LogP contribution in [-0.2, 0) is 11.2 Å². The van der Waals surface area contributed by atoms with Gasteiger partial charge in [0.2, 0.25) is 5.91 Å². The molecule has 1 aromatic heterocycles. The molecule has 5 nitrogen and oxygen atoms in total. The van der Waals surface area contributed by atoms with E-state index in [1.54, 1.807) is 25.6 Å². The Morgan fingerprint density at radius 2 is 2.04 bits per heavy atom. The van der Waals surface area contributed by atoms with Gasteiger partial charge in [-0.05, 0) is 43.4 Å². The predicted molar refractivity (Wildman–Crippen MR) is 104 cm³/mol. The summed E-state index contributed by atoms with van der Waals surface area (Å²) in [7, 11) is 3.24. The van der Waals surface area contributed by atoms with Crippen molar-refractivity contribution in [2.24, 2.45) is 5.92 Å². The Morgan fingerprint density at radius 3 is 2.69 bits per heavy atom. The number of nitrogens with zero attached hydrogens (tertiary/aromatic N) is 2. The summed E-state index contributed by atoms with van der Waals surface area (Å²) in [4.78, 5) is 19.3. The molecule has 1 aliphatic rings. The third kappa shape index (κ3) is 4.55. The zero-order valence-corrected chi connectivity index (χ0v) is 16.5. The lowest BCUT2D eigenvalue weighted by molar-refractivity contribution is -0.130. The number of methoxy groups -OCH3 is 2. The molecule has 1 fully saturated rings. The second-order valence-electron chi connectivity index (χ2n) is 6.67. The maximum absolute atomic E-state index is 12.6. The second kappa shape index (κ2) is 8.54. The SMILES string of the molecule is CCCN(CC1CC1)C(=O)Cc1csc(-c2ccc(OC)c(OC)c2)n1. The zero-order valence-electron chi connectivity index (χ0n) is 15.7. The molecular formula is C20H26N2O3S. The maximum atomic E-state index is 12.6. The number of carbonyl (C=O) groups excluding carboxylic acids is 1. The van der Waals surface area contributed by atoms with E-state index in [0.29, 0.717) is 23.8 Å². The lowest BCUT2D eigenvalue weighted by atomic mass is 10.2. The van der Waals surface area contributed by atoms with Crippen molar-refractivity contribution >= 4 is 17.2 Å². The topological polar surface area (TPSA) is 51.7 Å². The molecule has 0 unspecified atom stereocenters. The van der Waals surface area contributed by atoms with Crippen molar-refractivity contribution in [3.05, 3.63) is 29.3 Å². The van der Waals surface area contributed by atoms with E-state index >= 15 is 0 Å². The summed E-state index contributed by atoms with van der Waals surface area (Å²) in [6, 6.07) is 5.75. The number of carbonyl (C=O) groups is 1. The highest BCUT2D eigenvalue weighted by Gasteiger charge is 2.26. The lowest BCUT2D eigenvalue weighted by Crippen LogP contribution is -2.34. The molecule has 0 saturated heterocycles. The Balaban J connectivity index is 1.69. The molecule has 6 heteroatoms. The van der Waals surface area contributed by atoms with Gasteiger partial charge in [0.15, 0.2) is 11.5 Å². The van der Waals surface area contributed by atoms with Gasteiger partial charge in [-0.1, -0.05) is 6.92 Å². The minimum Gasteiger partial charge on any atom is -0.493 e. The largest absolute Gasteiger partial charge is 0.493 e. The van der Waals surface area contributed by atoms with Crippen LogP contribution < -0.4 is 9.47 Å². The normalized spacial score (nSPS) is 13.5. The molecule has 3 rings (SSSR count). The van der Waals surface area contributed by atoms with Crippen LogP contribution in [0.4, 0.5) is 0 Å². The van der Waals surface area contributed by atoms with Crippen LogP contribution in [-0.4, -0.2) is 43.1 Å². The summed E-state index contributed by atoms with van der Waals surface area (Å²) < 4.78 is 10.6. The average molecular weight is 375 g/mol. The fraction of sp³-hybridized carbons (Fsp3) is 0.500. The first-order chi connectivity index (χ1) is 12.6. The first-order valence-electron chi connectivity index (χ1n) is 9.09. The molecule has 1 saturated carbocycles. The van der Waals surface area contributed by atoms with E-state index in [2.05, 4.69) is 11.9 Å². The number of amides is 1. The van der Waals surface area contributed by atoms with Gasteiger partial charge in [-0.25, -0.2) is 4.98 Å². The van der Waals surface area contributed by atoms with E-state index in [1.165, 1.54) is 12.8 Å². The first-order valence-corrected chi connectivity index (χ1v) is 9.97. The van der Waals surface area contributed by atoms with Crippen molar-refractivity contribution in [3.8, 4) is 22.1 Å². The number of benzene rings is 1. The van der Waals surface area contributed by atoms with Crippen LogP contribution in [0, 0.1) is 5.92 Å². The van der Waals surface area contributed by atoms with Gasteiger partial charge < -0.3 is 14.4 Å². The van der Waals surface area contributed by atoms with Gasteiger partial charge in [0.1, 0.15) is 5.01 Å².